The van der Waals surface area contributed by atoms with Crippen LogP contribution in [0.25, 0.3) is 0 Å². The van der Waals surface area contributed by atoms with Gasteiger partial charge in [0.1, 0.15) is 5.75 Å². The van der Waals surface area contributed by atoms with Crippen LogP contribution in [0.4, 0.5) is 0 Å². The largest absolute Gasteiger partial charge is 0.506 e. The van der Waals surface area contributed by atoms with Gasteiger partial charge in [0.15, 0.2) is 5.78 Å². The number of Topliss-reactive ketones (excluding diaryl/α,β-unsaturated/α-hetero) is 1. The zero-order valence-electron chi connectivity index (χ0n) is 6.27. The van der Waals surface area contributed by atoms with Crippen LogP contribution in [0.3, 0.4) is 0 Å². The fourth-order valence-electron chi connectivity index (χ4n) is 0.834. The quantitative estimate of drug-likeness (QED) is 0.639. The normalized spacial score (nSPS) is 9.92. The molecule has 0 heterocycles. The first kappa shape index (κ1) is 9.80. The summed E-state index contributed by atoms with van der Waals surface area (Å²) in [5, 5.41) is 9.55. The Labute approximate surface area is 88.7 Å². The van der Waals surface area contributed by atoms with E-state index in [1.54, 1.807) is 12.1 Å². The standard InChI is InChI=1S/C8H6ClIO2/c1-4(11)6-2-5(10)3-7(9)8(6)12/h2-3,12H,1H3. The predicted octanol–water partition coefficient (Wildman–Crippen LogP) is 2.85. The number of rotatable bonds is 1. The zero-order chi connectivity index (χ0) is 9.30. The van der Waals surface area contributed by atoms with Crippen molar-refractivity contribution in [3.63, 3.8) is 0 Å². The fourth-order valence-corrected chi connectivity index (χ4v) is 1.86. The van der Waals surface area contributed by atoms with E-state index < -0.39 is 0 Å². The number of aromatic hydroxyl groups is 1. The summed E-state index contributed by atoms with van der Waals surface area (Å²) in [6.07, 6.45) is 0. The Morgan fingerprint density at radius 2 is 2.17 bits per heavy atom. The van der Waals surface area contributed by atoms with E-state index >= 15 is 0 Å². The fraction of sp³-hybridized carbons (Fsp3) is 0.125. The Balaban J connectivity index is 3.37. The molecular formula is C8H6ClIO2. The van der Waals surface area contributed by atoms with Gasteiger partial charge in [0.2, 0.25) is 0 Å². The maximum Gasteiger partial charge on any atom is 0.163 e. The smallest absolute Gasteiger partial charge is 0.163 e. The van der Waals surface area contributed by atoms with Crippen LogP contribution in [0, 0.1) is 3.57 Å². The highest BCUT2D eigenvalue weighted by Crippen LogP contribution is 2.29. The number of hydrogen-bond acceptors (Lipinski definition) is 2. The van der Waals surface area contributed by atoms with Gasteiger partial charge in [0.05, 0.1) is 10.6 Å². The van der Waals surface area contributed by atoms with E-state index in [4.69, 9.17) is 11.6 Å². The van der Waals surface area contributed by atoms with Gasteiger partial charge in [-0.3, -0.25) is 4.79 Å². The Bertz CT molecular complexity index is 336. The van der Waals surface area contributed by atoms with Gasteiger partial charge >= 0.3 is 0 Å². The Morgan fingerprint density at radius 3 is 2.67 bits per heavy atom. The number of ketones is 1. The highest BCUT2D eigenvalue weighted by atomic mass is 127. The lowest BCUT2D eigenvalue weighted by atomic mass is 10.1. The zero-order valence-corrected chi connectivity index (χ0v) is 9.18. The van der Waals surface area contributed by atoms with Crippen LogP contribution in [0.5, 0.6) is 5.75 Å². The van der Waals surface area contributed by atoms with Crippen molar-refractivity contribution in [2.24, 2.45) is 0 Å². The van der Waals surface area contributed by atoms with Crippen molar-refractivity contribution in [3.05, 3.63) is 26.3 Å². The third kappa shape index (κ3) is 1.90. The van der Waals surface area contributed by atoms with Crippen molar-refractivity contribution in [3.8, 4) is 5.75 Å². The molecule has 2 nitrogen and oxygen atoms in total. The molecule has 1 rings (SSSR count). The second-order valence-corrected chi connectivity index (χ2v) is 3.99. The number of phenolic OH excluding ortho intramolecular Hbond substituents is 1. The van der Waals surface area contributed by atoms with Crippen molar-refractivity contribution in [1.29, 1.82) is 0 Å². The number of halogens is 2. The van der Waals surface area contributed by atoms with E-state index in [9.17, 15) is 9.90 Å². The molecule has 0 amide bonds. The first-order valence-electron chi connectivity index (χ1n) is 3.21. The summed E-state index contributed by atoms with van der Waals surface area (Å²) in [5.41, 5.74) is 0.270. The molecule has 0 aromatic heterocycles. The highest BCUT2D eigenvalue weighted by molar-refractivity contribution is 14.1. The molecule has 1 aromatic rings. The second-order valence-electron chi connectivity index (χ2n) is 2.34. The summed E-state index contributed by atoms with van der Waals surface area (Å²) in [4.78, 5) is 10.9. The molecule has 4 heteroatoms. The average molecular weight is 296 g/mol. The average Bonchev–Trinajstić information content (AvgIpc) is 1.96. The minimum Gasteiger partial charge on any atom is -0.506 e. The van der Waals surface area contributed by atoms with Gasteiger partial charge in [-0.25, -0.2) is 0 Å². The topological polar surface area (TPSA) is 37.3 Å². The van der Waals surface area contributed by atoms with Crippen LogP contribution in [0.1, 0.15) is 17.3 Å². The maximum absolute atomic E-state index is 10.9. The van der Waals surface area contributed by atoms with E-state index in [0.29, 0.717) is 0 Å². The SMILES string of the molecule is CC(=O)c1cc(I)cc(Cl)c1O. The Kier molecular flexibility index (Phi) is 2.95. The molecular weight excluding hydrogens is 290 g/mol. The molecule has 0 aliphatic rings. The molecule has 0 radical (unpaired) electrons. The van der Waals surface area contributed by atoms with Gasteiger partial charge in [-0.15, -0.1) is 0 Å². The predicted molar refractivity (Wildman–Crippen MR) is 55.8 cm³/mol. The number of benzene rings is 1. The lowest BCUT2D eigenvalue weighted by molar-refractivity contribution is 0.101. The van der Waals surface area contributed by atoms with Crippen LogP contribution < -0.4 is 0 Å². The second kappa shape index (κ2) is 3.62. The molecule has 12 heavy (non-hydrogen) atoms. The van der Waals surface area contributed by atoms with Gasteiger partial charge in [-0.2, -0.15) is 0 Å². The van der Waals surface area contributed by atoms with Crippen LogP contribution in [-0.4, -0.2) is 10.9 Å². The van der Waals surface area contributed by atoms with E-state index in [0.717, 1.165) is 3.57 Å². The lowest BCUT2D eigenvalue weighted by Gasteiger charge is -2.02. The van der Waals surface area contributed by atoms with Gasteiger partial charge in [-0.05, 0) is 41.6 Å². The summed E-state index contributed by atoms with van der Waals surface area (Å²) in [6, 6.07) is 3.20. The highest BCUT2D eigenvalue weighted by Gasteiger charge is 2.10. The summed E-state index contributed by atoms with van der Waals surface area (Å²) in [7, 11) is 0. The molecule has 0 atom stereocenters. The minimum absolute atomic E-state index is 0.135. The Morgan fingerprint density at radius 1 is 1.58 bits per heavy atom. The third-order valence-electron chi connectivity index (χ3n) is 1.41. The molecule has 0 bridgehead atoms. The lowest BCUT2D eigenvalue weighted by Crippen LogP contribution is -1.93. The van der Waals surface area contributed by atoms with Crippen LogP contribution in [-0.2, 0) is 0 Å². The van der Waals surface area contributed by atoms with E-state index in [1.807, 2.05) is 22.6 Å². The van der Waals surface area contributed by atoms with Crippen molar-refractivity contribution in [2.45, 2.75) is 6.92 Å². The molecule has 0 fully saturated rings. The molecule has 0 aliphatic carbocycles. The van der Waals surface area contributed by atoms with Crippen molar-refractivity contribution in [1.82, 2.24) is 0 Å². The minimum atomic E-state index is -0.187. The van der Waals surface area contributed by atoms with Crippen LogP contribution in [0.15, 0.2) is 12.1 Å². The number of hydrogen-bond donors (Lipinski definition) is 1. The summed E-state index contributed by atoms with van der Waals surface area (Å²) < 4.78 is 0.834. The number of carbonyl (C=O) groups is 1. The first-order valence-corrected chi connectivity index (χ1v) is 4.67. The first-order chi connectivity index (χ1) is 5.52. The molecule has 1 aromatic carbocycles. The maximum atomic E-state index is 10.9. The van der Waals surface area contributed by atoms with Gasteiger partial charge in [-0.1, -0.05) is 11.6 Å². The number of carbonyl (C=O) groups excluding carboxylic acids is 1. The Hall–Kier alpha value is -0.290. The van der Waals surface area contributed by atoms with E-state index in [2.05, 4.69) is 0 Å². The molecule has 0 unspecified atom stereocenters. The summed E-state index contributed by atoms with van der Waals surface area (Å²) in [6.45, 7) is 1.39. The molecule has 1 N–H and O–H groups in total. The van der Waals surface area contributed by atoms with Crippen molar-refractivity contribution < 1.29 is 9.90 Å². The molecule has 0 saturated carbocycles. The van der Waals surface area contributed by atoms with Crippen molar-refractivity contribution >= 4 is 40.0 Å². The molecule has 0 aliphatic heterocycles. The number of phenols is 1. The molecule has 0 saturated heterocycles. The molecule has 0 spiro atoms. The third-order valence-corrected chi connectivity index (χ3v) is 2.32. The molecule has 64 valence electrons. The summed E-state index contributed by atoms with van der Waals surface area (Å²) in [5.74, 6) is -0.322. The van der Waals surface area contributed by atoms with Gasteiger partial charge in [0.25, 0.3) is 0 Å². The van der Waals surface area contributed by atoms with Gasteiger partial charge < -0.3 is 5.11 Å². The van der Waals surface area contributed by atoms with E-state index in [-0.39, 0.29) is 22.1 Å². The van der Waals surface area contributed by atoms with Crippen molar-refractivity contribution in [2.75, 3.05) is 0 Å². The van der Waals surface area contributed by atoms with Crippen LogP contribution >= 0.6 is 34.2 Å². The van der Waals surface area contributed by atoms with E-state index in [1.165, 1.54) is 6.92 Å². The van der Waals surface area contributed by atoms with Crippen LogP contribution in [0.2, 0.25) is 5.02 Å². The monoisotopic (exact) mass is 296 g/mol. The van der Waals surface area contributed by atoms with Gasteiger partial charge in [0, 0.05) is 3.57 Å². The summed E-state index contributed by atoms with van der Waals surface area (Å²) >= 11 is 7.69.